The monoisotopic (exact) mass is 497 g/mol. The molecule has 7 heteroatoms. The van der Waals surface area contributed by atoms with Crippen molar-refractivity contribution in [2.24, 2.45) is 5.92 Å². The molecule has 1 saturated heterocycles. The smallest absolute Gasteiger partial charge is 0.243 e. The van der Waals surface area contributed by atoms with Gasteiger partial charge in [0, 0.05) is 24.9 Å². The lowest BCUT2D eigenvalue weighted by Crippen LogP contribution is -2.39. The van der Waals surface area contributed by atoms with Gasteiger partial charge in [0.15, 0.2) is 5.16 Å². The molecule has 0 unspecified atom stereocenters. The Kier molecular flexibility index (Phi) is 6.79. The third-order valence-electron chi connectivity index (χ3n) is 7.52. The lowest BCUT2D eigenvalue weighted by Gasteiger charge is -2.30. The number of nitrogens with zero attached hydrogens (tertiary/aromatic N) is 3. The molecule has 182 valence electrons. The summed E-state index contributed by atoms with van der Waals surface area (Å²) in [4.78, 5) is 5.36. The molecule has 2 aliphatic rings. The summed E-state index contributed by atoms with van der Waals surface area (Å²) in [5.74, 6) is 1.26. The van der Waals surface area contributed by atoms with Crippen LogP contribution in [0.25, 0.3) is 11.0 Å². The van der Waals surface area contributed by atoms with E-state index in [1.54, 1.807) is 28.2 Å². The molecule has 2 heterocycles. The second kappa shape index (κ2) is 9.67. The van der Waals surface area contributed by atoms with Crippen LogP contribution in [-0.4, -0.2) is 35.4 Å². The average molecular weight is 498 g/mol. The molecule has 0 amide bonds. The SMILES string of the molecule is Cc1ccc(CSc2nc3cc(S(=O)(=O)N4CCC[C@H](C)C4)ccc3n2C2CCCC2)cc1C. The number of hydrogen-bond acceptors (Lipinski definition) is 4. The summed E-state index contributed by atoms with van der Waals surface area (Å²) in [5, 5.41) is 1.00. The van der Waals surface area contributed by atoms with E-state index in [0.717, 1.165) is 47.6 Å². The number of aromatic nitrogens is 2. The molecule has 2 aromatic carbocycles. The standard InChI is InChI=1S/C27H35N3O2S2/c1-19-7-6-14-29(17-19)34(31,32)24-12-13-26-25(16-24)28-27(30(26)23-8-4-5-9-23)33-18-22-11-10-20(2)21(3)15-22/h10-13,15-16,19,23H,4-9,14,17-18H2,1-3H3/t19-/m0/s1. The predicted molar refractivity (Wildman–Crippen MR) is 140 cm³/mol. The summed E-state index contributed by atoms with van der Waals surface area (Å²) in [7, 11) is -3.50. The molecule has 1 aliphatic carbocycles. The van der Waals surface area contributed by atoms with Gasteiger partial charge in [-0.3, -0.25) is 0 Å². The van der Waals surface area contributed by atoms with Crippen molar-refractivity contribution in [3.63, 3.8) is 0 Å². The highest BCUT2D eigenvalue weighted by molar-refractivity contribution is 7.98. The topological polar surface area (TPSA) is 55.2 Å². The molecule has 1 saturated carbocycles. The number of thioether (sulfide) groups is 1. The zero-order valence-electron chi connectivity index (χ0n) is 20.5. The van der Waals surface area contributed by atoms with Crippen LogP contribution < -0.4 is 0 Å². The summed E-state index contributed by atoms with van der Waals surface area (Å²) >= 11 is 1.76. The fourth-order valence-corrected chi connectivity index (χ4v) is 8.03. The fraction of sp³-hybridized carbons (Fsp3) is 0.519. The number of aryl methyl sites for hydroxylation is 2. The minimum absolute atomic E-state index is 0.371. The van der Waals surface area contributed by atoms with Gasteiger partial charge in [-0.25, -0.2) is 13.4 Å². The van der Waals surface area contributed by atoms with Gasteiger partial charge in [-0.05, 0) is 80.3 Å². The number of benzene rings is 2. The highest BCUT2D eigenvalue weighted by atomic mass is 32.2. The Balaban J connectivity index is 1.49. The summed E-state index contributed by atoms with van der Waals surface area (Å²) in [5.41, 5.74) is 5.76. The van der Waals surface area contributed by atoms with Crippen LogP contribution in [0, 0.1) is 19.8 Å². The zero-order valence-corrected chi connectivity index (χ0v) is 22.1. The van der Waals surface area contributed by atoms with E-state index >= 15 is 0 Å². The maximum Gasteiger partial charge on any atom is 0.243 e. The molecule has 5 nitrogen and oxygen atoms in total. The molecule has 5 rings (SSSR count). The van der Waals surface area contributed by atoms with Gasteiger partial charge >= 0.3 is 0 Å². The molecule has 1 aromatic heterocycles. The van der Waals surface area contributed by atoms with Gasteiger partial charge in [0.1, 0.15) is 0 Å². The maximum absolute atomic E-state index is 13.4. The number of imidazole rings is 1. The van der Waals surface area contributed by atoms with E-state index in [9.17, 15) is 8.42 Å². The van der Waals surface area contributed by atoms with E-state index in [2.05, 4.69) is 43.5 Å². The van der Waals surface area contributed by atoms with Crippen LogP contribution in [0.4, 0.5) is 0 Å². The lowest BCUT2D eigenvalue weighted by molar-refractivity contribution is 0.281. The zero-order chi connectivity index (χ0) is 23.9. The molecule has 0 N–H and O–H groups in total. The van der Waals surface area contributed by atoms with E-state index < -0.39 is 10.0 Å². The van der Waals surface area contributed by atoms with Crippen molar-refractivity contribution in [2.75, 3.05) is 13.1 Å². The van der Waals surface area contributed by atoms with Crippen LogP contribution in [0.5, 0.6) is 0 Å². The number of piperidine rings is 1. The highest BCUT2D eigenvalue weighted by Crippen LogP contribution is 2.38. The summed E-state index contributed by atoms with van der Waals surface area (Å²) in [6.45, 7) is 7.64. The van der Waals surface area contributed by atoms with Gasteiger partial charge in [-0.2, -0.15) is 4.31 Å². The minimum Gasteiger partial charge on any atom is -0.316 e. The van der Waals surface area contributed by atoms with Gasteiger partial charge in [-0.1, -0.05) is 49.7 Å². The Hall–Kier alpha value is -1.83. The van der Waals surface area contributed by atoms with Crippen molar-refractivity contribution in [1.29, 1.82) is 0 Å². The molecular formula is C27H35N3O2S2. The third-order valence-corrected chi connectivity index (χ3v) is 10.4. The van der Waals surface area contributed by atoms with Gasteiger partial charge in [0.05, 0.1) is 15.9 Å². The number of fused-ring (bicyclic) bond motifs is 1. The van der Waals surface area contributed by atoms with Crippen molar-refractivity contribution in [1.82, 2.24) is 13.9 Å². The molecule has 3 aromatic rings. The minimum atomic E-state index is -3.50. The molecule has 1 atom stereocenters. The third kappa shape index (κ3) is 4.67. The van der Waals surface area contributed by atoms with Crippen LogP contribution in [-0.2, 0) is 15.8 Å². The summed E-state index contributed by atoms with van der Waals surface area (Å²) in [6.07, 6.45) is 6.83. The molecule has 1 aliphatic heterocycles. The first-order valence-electron chi connectivity index (χ1n) is 12.5. The van der Waals surface area contributed by atoms with Crippen LogP contribution in [0.15, 0.2) is 46.5 Å². The molecule has 0 bridgehead atoms. The Labute approximate surface area is 208 Å². The van der Waals surface area contributed by atoms with Crippen molar-refractivity contribution >= 4 is 32.8 Å². The van der Waals surface area contributed by atoms with E-state index in [4.69, 9.17) is 4.98 Å². The molecule has 2 fully saturated rings. The molecule has 0 radical (unpaired) electrons. The first-order valence-corrected chi connectivity index (χ1v) is 15.0. The van der Waals surface area contributed by atoms with Gasteiger partial charge < -0.3 is 4.57 Å². The number of rotatable bonds is 6. The van der Waals surface area contributed by atoms with Crippen LogP contribution >= 0.6 is 11.8 Å². The molecule has 34 heavy (non-hydrogen) atoms. The van der Waals surface area contributed by atoms with Crippen LogP contribution in [0.3, 0.4) is 0 Å². The second-order valence-corrected chi connectivity index (χ2v) is 13.1. The van der Waals surface area contributed by atoms with E-state index in [0.29, 0.717) is 29.9 Å². The predicted octanol–water partition coefficient (Wildman–Crippen LogP) is 6.48. The fourth-order valence-electron chi connectivity index (χ4n) is 5.39. The van der Waals surface area contributed by atoms with Crippen molar-refractivity contribution in [3.8, 4) is 0 Å². The number of sulfonamides is 1. The van der Waals surface area contributed by atoms with E-state index in [-0.39, 0.29) is 0 Å². The van der Waals surface area contributed by atoms with E-state index in [1.807, 2.05) is 6.07 Å². The summed E-state index contributed by atoms with van der Waals surface area (Å²) in [6, 6.07) is 12.7. The van der Waals surface area contributed by atoms with Crippen LogP contribution in [0.2, 0.25) is 0 Å². The van der Waals surface area contributed by atoms with Gasteiger partial charge in [-0.15, -0.1) is 0 Å². The molecule has 0 spiro atoms. The Morgan fingerprint density at radius 1 is 1.00 bits per heavy atom. The second-order valence-electron chi connectivity index (χ2n) is 10.2. The quantitative estimate of drug-likeness (QED) is 0.366. The average Bonchev–Trinajstić information content (AvgIpc) is 3.46. The highest BCUT2D eigenvalue weighted by Gasteiger charge is 2.30. The summed E-state index contributed by atoms with van der Waals surface area (Å²) < 4.78 is 30.8. The van der Waals surface area contributed by atoms with Crippen molar-refractivity contribution in [3.05, 3.63) is 53.1 Å². The Bertz CT molecular complexity index is 1290. The number of hydrogen-bond donors (Lipinski definition) is 0. The largest absolute Gasteiger partial charge is 0.316 e. The van der Waals surface area contributed by atoms with Gasteiger partial charge in [0.25, 0.3) is 0 Å². The molecular weight excluding hydrogens is 462 g/mol. The normalized spacial score (nSPS) is 20.4. The van der Waals surface area contributed by atoms with E-state index in [1.165, 1.54) is 29.5 Å². The maximum atomic E-state index is 13.4. The van der Waals surface area contributed by atoms with Gasteiger partial charge in [0.2, 0.25) is 10.0 Å². The van der Waals surface area contributed by atoms with Crippen molar-refractivity contribution in [2.45, 2.75) is 81.1 Å². The first-order chi connectivity index (χ1) is 16.3. The lowest BCUT2D eigenvalue weighted by atomic mass is 10.0. The Morgan fingerprint density at radius 3 is 2.53 bits per heavy atom. The van der Waals surface area contributed by atoms with Crippen molar-refractivity contribution < 1.29 is 8.42 Å². The Morgan fingerprint density at radius 2 is 1.79 bits per heavy atom. The van der Waals surface area contributed by atoms with Crippen LogP contribution in [0.1, 0.15) is 68.2 Å². The first kappa shape index (κ1) is 23.9.